The Hall–Kier alpha value is -1.95. The third-order valence-electron chi connectivity index (χ3n) is 4.24. The SMILES string of the molecule is Cc1ccc(C(C)N2CCCCC2C(=O)O)cc1[N+](=O)[O-]. The van der Waals surface area contributed by atoms with Gasteiger partial charge in [-0.15, -0.1) is 0 Å². The van der Waals surface area contributed by atoms with Crippen molar-refractivity contribution in [2.24, 2.45) is 0 Å². The van der Waals surface area contributed by atoms with Gasteiger partial charge in [0.25, 0.3) is 5.69 Å². The van der Waals surface area contributed by atoms with Crippen molar-refractivity contribution in [3.05, 3.63) is 39.4 Å². The Bertz CT molecular complexity index is 559. The van der Waals surface area contributed by atoms with E-state index in [1.54, 1.807) is 19.1 Å². The number of benzene rings is 1. The summed E-state index contributed by atoms with van der Waals surface area (Å²) in [7, 11) is 0. The fourth-order valence-electron chi connectivity index (χ4n) is 2.96. The fourth-order valence-corrected chi connectivity index (χ4v) is 2.96. The van der Waals surface area contributed by atoms with E-state index in [9.17, 15) is 20.0 Å². The van der Waals surface area contributed by atoms with Crippen LogP contribution >= 0.6 is 0 Å². The molecule has 0 bridgehead atoms. The highest BCUT2D eigenvalue weighted by atomic mass is 16.6. The zero-order chi connectivity index (χ0) is 15.6. The number of piperidine rings is 1. The summed E-state index contributed by atoms with van der Waals surface area (Å²) in [5.41, 5.74) is 1.49. The van der Waals surface area contributed by atoms with Crippen LogP contribution in [0.4, 0.5) is 5.69 Å². The van der Waals surface area contributed by atoms with E-state index in [0.717, 1.165) is 18.4 Å². The average molecular weight is 292 g/mol. The van der Waals surface area contributed by atoms with Crippen molar-refractivity contribution < 1.29 is 14.8 Å². The van der Waals surface area contributed by atoms with E-state index in [1.807, 2.05) is 17.9 Å². The van der Waals surface area contributed by atoms with Crippen LogP contribution in [0.5, 0.6) is 0 Å². The molecule has 0 saturated carbocycles. The molecule has 114 valence electrons. The molecule has 1 fully saturated rings. The number of carbonyl (C=O) groups is 1. The van der Waals surface area contributed by atoms with Crippen LogP contribution in [-0.2, 0) is 4.79 Å². The molecule has 1 aliphatic heterocycles. The molecular formula is C15H20N2O4. The van der Waals surface area contributed by atoms with E-state index in [-0.39, 0.29) is 11.7 Å². The summed E-state index contributed by atoms with van der Waals surface area (Å²) in [4.78, 5) is 24.0. The van der Waals surface area contributed by atoms with Crippen molar-refractivity contribution in [2.75, 3.05) is 6.54 Å². The molecule has 21 heavy (non-hydrogen) atoms. The average Bonchev–Trinajstić information content (AvgIpc) is 2.46. The minimum atomic E-state index is -0.817. The molecule has 0 aromatic heterocycles. The Labute approximate surface area is 123 Å². The molecule has 1 aliphatic rings. The van der Waals surface area contributed by atoms with Gasteiger partial charge in [-0.1, -0.05) is 18.6 Å². The topological polar surface area (TPSA) is 83.7 Å². The smallest absolute Gasteiger partial charge is 0.320 e. The first kappa shape index (κ1) is 15.4. The molecule has 1 N–H and O–H groups in total. The van der Waals surface area contributed by atoms with Crippen molar-refractivity contribution in [3.63, 3.8) is 0 Å². The van der Waals surface area contributed by atoms with Crippen LogP contribution in [0.2, 0.25) is 0 Å². The van der Waals surface area contributed by atoms with E-state index in [0.29, 0.717) is 18.5 Å². The van der Waals surface area contributed by atoms with Gasteiger partial charge in [-0.3, -0.25) is 19.8 Å². The lowest BCUT2D eigenvalue weighted by Gasteiger charge is -2.37. The van der Waals surface area contributed by atoms with E-state index in [1.165, 1.54) is 0 Å². The molecule has 1 saturated heterocycles. The van der Waals surface area contributed by atoms with E-state index < -0.39 is 16.9 Å². The van der Waals surface area contributed by atoms with E-state index in [2.05, 4.69) is 0 Å². The number of nitrogens with zero attached hydrogens (tertiary/aromatic N) is 2. The number of hydrogen-bond acceptors (Lipinski definition) is 4. The first-order valence-electron chi connectivity index (χ1n) is 7.15. The number of hydrogen-bond donors (Lipinski definition) is 1. The Morgan fingerprint density at radius 1 is 1.48 bits per heavy atom. The van der Waals surface area contributed by atoms with Gasteiger partial charge in [0, 0.05) is 17.7 Å². The number of nitro groups is 1. The summed E-state index contributed by atoms with van der Waals surface area (Å²) >= 11 is 0. The van der Waals surface area contributed by atoms with Crippen LogP contribution in [0.15, 0.2) is 18.2 Å². The predicted octanol–water partition coefficient (Wildman–Crippen LogP) is 2.90. The number of aryl methyl sites for hydroxylation is 1. The van der Waals surface area contributed by atoms with Crippen LogP contribution in [0.3, 0.4) is 0 Å². The van der Waals surface area contributed by atoms with Gasteiger partial charge < -0.3 is 5.11 Å². The van der Waals surface area contributed by atoms with Gasteiger partial charge in [0.2, 0.25) is 0 Å². The van der Waals surface area contributed by atoms with Crippen molar-refractivity contribution in [2.45, 2.75) is 45.2 Å². The molecule has 6 nitrogen and oxygen atoms in total. The second-order valence-electron chi connectivity index (χ2n) is 5.57. The Balaban J connectivity index is 2.30. The molecule has 0 spiro atoms. The first-order valence-corrected chi connectivity index (χ1v) is 7.15. The molecule has 1 heterocycles. The quantitative estimate of drug-likeness (QED) is 0.681. The van der Waals surface area contributed by atoms with E-state index >= 15 is 0 Å². The van der Waals surface area contributed by atoms with Gasteiger partial charge in [0.05, 0.1) is 4.92 Å². The van der Waals surface area contributed by atoms with Crippen molar-refractivity contribution in [3.8, 4) is 0 Å². The fraction of sp³-hybridized carbons (Fsp3) is 0.533. The van der Waals surface area contributed by atoms with Gasteiger partial charge in [-0.05, 0) is 38.8 Å². The Kier molecular flexibility index (Phi) is 4.57. The summed E-state index contributed by atoms with van der Waals surface area (Å²) < 4.78 is 0. The zero-order valence-corrected chi connectivity index (χ0v) is 12.3. The highest BCUT2D eigenvalue weighted by molar-refractivity contribution is 5.73. The van der Waals surface area contributed by atoms with Crippen molar-refractivity contribution in [1.29, 1.82) is 0 Å². The van der Waals surface area contributed by atoms with E-state index in [4.69, 9.17) is 0 Å². The lowest BCUT2D eigenvalue weighted by Crippen LogP contribution is -2.45. The second kappa shape index (κ2) is 6.22. The highest BCUT2D eigenvalue weighted by Crippen LogP contribution is 2.31. The summed E-state index contributed by atoms with van der Waals surface area (Å²) in [6.07, 6.45) is 2.50. The normalized spacial score (nSPS) is 21.0. The van der Waals surface area contributed by atoms with Crippen LogP contribution in [0, 0.1) is 17.0 Å². The van der Waals surface area contributed by atoms with Gasteiger partial charge in [0.15, 0.2) is 0 Å². The molecule has 1 aromatic rings. The van der Waals surface area contributed by atoms with Crippen LogP contribution < -0.4 is 0 Å². The summed E-state index contributed by atoms with van der Waals surface area (Å²) in [5, 5.41) is 20.4. The maximum atomic E-state index is 11.4. The number of rotatable bonds is 4. The maximum Gasteiger partial charge on any atom is 0.320 e. The largest absolute Gasteiger partial charge is 0.480 e. The number of likely N-dealkylation sites (tertiary alicyclic amines) is 1. The molecular weight excluding hydrogens is 272 g/mol. The Morgan fingerprint density at radius 2 is 2.19 bits per heavy atom. The molecule has 2 rings (SSSR count). The molecule has 0 aliphatic carbocycles. The number of nitro benzene ring substituents is 1. The predicted molar refractivity (Wildman–Crippen MR) is 78.2 cm³/mol. The molecule has 2 atom stereocenters. The van der Waals surface area contributed by atoms with Crippen LogP contribution in [0.1, 0.15) is 43.4 Å². The molecule has 0 radical (unpaired) electrons. The lowest BCUT2D eigenvalue weighted by atomic mass is 9.96. The standard InChI is InChI=1S/C15H20N2O4/c1-10-6-7-12(9-14(10)17(20)21)11(2)16-8-4-3-5-13(16)15(18)19/h6-7,9,11,13H,3-5,8H2,1-2H3,(H,18,19). The minimum absolute atomic E-state index is 0.0863. The van der Waals surface area contributed by atoms with Gasteiger partial charge >= 0.3 is 5.97 Å². The van der Waals surface area contributed by atoms with Crippen LogP contribution in [0.25, 0.3) is 0 Å². The monoisotopic (exact) mass is 292 g/mol. The summed E-state index contributed by atoms with van der Waals surface area (Å²) in [6.45, 7) is 4.32. The number of carboxylic acid groups (broad SMARTS) is 1. The molecule has 2 unspecified atom stereocenters. The minimum Gasteiger partial charge on any atom is -0.480 e. The Morgan fingerprint density at radius 3 is 2.81 bits per heavy atom. The summed E-state index contributed by atoms with van der Waals surface area (Å²) in [6, 6.07) is 4.48. The first-order chi connectivity index (χ1) is 9.91. The molecule has 0 amide bonds. The van der Waals surface area contributed by atoms with Gasteiger partial charge in [0.1, 0.15) is 6.04 Å². The summed E-state index contributed by atoms with van der Waals surface area (Å²) in [5.74, 6) is -0.817. The van der Waals surface area contributed by atoms with Gasteiger partial charge in [-0.25, -0.2) is 0 Å². The molecule has 1 aromatic carbocycles. The second-order valence-corrected chi connectivity index (χ2v) is 5.57. The van der Waals surface area contributed by atoms with Crippen molar-refractivity contribution in [1.82, 2.24) is 4.90 Å². The van der Waals surface area contributed by atoms with Crippen LogP contribution in [-0.4, -0.2) is 33.5 Å². The number of carboxylic acids is 1. The highest BCUT2D eigenvalue weighted by Gasteiger charge is 2.32. The van der Waals surface area contributed by atoms with Gasteiger partial charge in [-0.2, -0.15) is 0 Å². The number of aliphatic carboxylic acids is 1. The maximum absolute atomic E-state index is 11.4. The third-order valence-corrected chi connectivity index (χ3v) is 4.24. The lowest BCUT2D eigenvalue weighted by molar-refractivity contribution is -0.385. The zero-order valence-electron chi connectivity index (χ0n) is 12.3. The molecule has 6 heteroatoms. The van der Waals surface area contributed by atoms with Crippen molar-refractivity contribution >= 4 is 11.7 Å². The third kappa shape index (κ3) is 3.21.